The first-order valence-corrected chi connectivity index (χ1v) is 7.42. The molecule has 2 saturated heterocycles. The van der Waals surface area contributed by atoms with Gasteiger partial charge in [-0.3, -0.25) is 4.79 Å². The van der Waals surface area contributed by atoms with Crippen LogP contribution in [0, 0.1) is 5.92 Å². The molecule has 96 valence electrons. The predicted octanol–water partition coefficient (Wildman–Crippen LogP) is 1.97. The summed E-state index contributed by atoms with van der Waals surface area (Å²) in [6, 6.07) is 0. The molecule has 4 nitrogen and oxygen atoms in total. The van der Waals surface area contributed by atoms with Crippen LogP contribution in [-0.2, 0) is 4.79 Å². The first-order chi connectivity index (χ1) is 8.26. The fourth-order valence-electron chi connectivity index (χ4n) is 2.59. The van der Waals surface area contributed by atoms with Crippen molar-refractivity contribution in [2.24, 2.45) is 11.1 Å². The zero-order valence-corrected chi connectivity index (χ0v) is 11.1. The molecule has 2 unspecified atom stereocenters. The molecule has 2 heterocycles. The van der Waals surface area contributed by atoms with Gasteiger partial charge in [-0.2, -0.15) is 0 Å². The topological polar surface area (TPSA) is 52.9 Å². The van der Waals surface area contributed by atoms with Gasteiger partial charge in [0.15, 0.2) is 0 Å². The molecule has 0 aromatic carbocycles. The lowest BCUT2D eigenvalue weighted by Gasteiger charge is -2.34. The van der Waals surface area contributed by atoms with Gasteiger partial charge in [0.2, 0.25) is 5.91 Å². The van der Waals surface area contributed by atoms with Crippen molar-refractivity contribution in [1.29, 1.82) is 0 Å². The van der Waals surface area contributed by atoms with Crippen LogP contribution < -0.4 is 0 Å². The number of nitrogens with zero attached hydrogens (tertiary/aromatic N) is 2. The summed E-state index contributed by atoms with van der Waals surface area (Å²) in [6.45, 7) is 3.52. The number of oxime groups is 1. The molecule has 0 aromatic rings. The first-order valence-electron chi connectivity index (χ1n) is 6.37. The average molecular weight is 256 g/mol. The zero-order chi connectivity index (χ0) is 12.3. The molecule has 1 amide bonds. The van der Waals surface area contributed by atoms with Gasteiger partial charge in [0.05, 0.1) is 11.0 Å². The van der Waals surface area contributed by atoms with Crippen LogP contribution in [0.15, 0.2) is 5.16 Å². The highest BCUT2D eigenvalue weighted by molar-refractivity contribution is 8.00. The predicted molar refractivity (Wildman–Crippen MR) is 69.7 cm³/mol. The van der Waals surface area contributed by atoms with E-state index in [-0.39, 0.29) is 11.2 Å². The monoisotopic (exact) mass is 256 g/mol. The van der Waals surface area contributed by atoms with Crippen molar-refractivity contribution in [3.05, 3.63) is 0 Å². The van der Waals surface area contributed by atoms with Crippen molar-refractivity contribution < 1.29 is 10.0 Å². The van der Waals surface area contributed by atoms with Crippen LogP contribution >= 0.6 is 11.8 Å². The molecule has 2 fully saturated rings. The number of hydrogen-bond acceptors (Lipinski definition) is 4. The van der Waals surface area contributed by atoms with Gasteiger partial charge in [-0.15, -0.1) is 11.8 Å². The third-order valence-corrected chi connectivity index (χ3v) is 5.05. The second-order valence-corrected chi connectivity index (χ2v) is 6.04. The minimum atomic E-state index is 0.181. The number of amides is 1. The van der Waals surface area contributed by atoms with Gasteiger partial charge in [0.25, 0.3) is 0 Å². The Kier molecular flexibility index (Phi) is 4.31. The number of piperidine rings is 1. The summed E-state index contributed by atoms with van der Waals surface area (Å²) in [4.78, 5) is 14.2. The standard InChI is InChI=1S/C12H20N2O2S/c1-2-9-8-14(6-5-10(9)13-16)12(15)11-4-3-7-17-11/h9,11,16H,2-8H2,1H3. The van der Waals surface area contributed by atoms with E-state index >= 15 is 0 Å². The van der Waals surface area contributed by atoms with Crippen molar-refractivity contribution >= 4 is 23.4 Å². The fourth-order valence-corrected chi connectivity index (χ4v) is 3.83. The molecule has 0 saturated carbocycles. The fraction of sp³-hybridized carbons (Fsp3) is 0.833. The number of carbonyl (C=O) groups is 1. The van der Waals surface area contributed by atoms with Gasteiger partial charge < -0.3 is 10.1 Å². The summed E-state index contributed by atoms with van der Waals surface area (Å²) < 4.78 is 0. The van der Waals surface area contributed by atoms with Crippen molar-refractivity contribution in [3.63, 3.8) is 0 Å². The summed E-state index contributed by atoms with van der Waals surface area (Å²) in [5, 5.41) is 12.5. The Morgan fingerprint density at radius 2 is 2.47 bits per heavy atom. The van der Waals surface area contributed by atoms with E-state index in [4.69, 9.17) is 5.21 Å². The molecule has 0 spiro atoms. The summed E-state index contributed by atoms with van der Waals surface area (Å²) >= 11 is 1.79. The molecule has 1 N–H and O–H groups in total. The quantitative estimate of drug-likeness (QED) is 0.607. The SMILES string of the molecule is CCC1CN(C(=O)C2CCCS2)CCC1=NO. The van der Waals surface area contributed by atoms with Crippen LogP contribution in [0.5, 0.6) is 0 Å². The van der Waals surface area contributed by atoms with Gasteiger partial charge in [-0.25, -0.2) is 0 Å². The molecule has 17 heavy (non-hydrogen) atoms. The van der Waals surface area contributed by atoms with E-state index < -0.39 is 0 Å². The maximum atomic E-state index is 12.3. The lowest BCUT2D eigenvalue weighted by atomic mass is 9.93. The maximum Gasteiger partial charge on any atom is 0.235 e. The van der Waals surface area contributed by atoms with E-state index in [0.29, 0.717) is 12.5 Å². The molecule has 0 bridgehead atoms. The van der Waals surface area contributed by atoms with Gasteiger partial charge in [0, 0.05) is 25.4 Å². The highest BCUT2D eigenvalue weighted by atomic mass is 32.2. The summed E-state index contributed by atoms with van der Waals surface area (Å²) in [6.07, 6.45) is 3.84. The Labute approximate surface area is 106 Å². The van der Waals surface area contributed by atoms with Crippen molar-refractivity contribution in [2.45, 2.75) is 37.9 Å². The van der Waals surface area contributed by atoms with Crippen LogP contribution in [-0.4, -0.2) is 45.8 Å². The van der Waals surface area contributed by atoms with Crippen molar-refractivity contribution in [3.8, 4) is 0 Å². The summed E-state index contributed by atoms with van der Waals surface area (Å²) in [5.74, 6) is 1.65. The van der Waals surface area contributed by atoms with Gasteiger partial charge >= 0.3 is 0 Å². The van der Waals surface area contributed by atoms with E-state index in [1.54, 1.807) is 11.8 Å². The molecule has 0 aromatic heterocycles. The first kappa shape index (κ1) is 12.7. The maximum absolute atomic E-state index is 12.3. The van der Waals surface area contributed by atoms with E-state index in [9.17, 15) is 4.79 Å². The number of hydrogen-bond donors (Lipinski definition) is 1. The van der Waals surface area contributed by atoms with Crippen LogP contribution in [0.3, 0.4) is 0 Å². The number of likely N-dealkylation sites (tertiary alicyclic amines) is 1. The smallest absolute Gasteiger partial charge is 0.235 e. The van der Waals surface area contributed by atoms with E-state index in [1.165, 1.54) is 0 Å². The van der Waals surface area contributed by atoms with E-state index in [1.807, 2.05) is 4.90 Å². The molecule has 0 radical (unpaired) electrons. The van der Waals surface area contributed by atoms with Crippen molar-refractivity contribution in [2.75, 3.05) is 18.8 Å². The minimum absolute atomic E-state index is 0.181. The third kappa shape index (κ3) is 2.76. The molecule has 2 rings (SSSR count). The molecule has 0 aliphatic carbocycles. The Bertz CT molecular complexity index is 314. The van der Waals surface area contributed by atoms with Gasteiger partial charge in [0.1, 0.15) is 0 Å². The Balaban J connectivity index is 1.96. The number of carbonyl (C=O) groups excluding carboxylic acids is 1. The molecular weight excluding hydrogens is 236 g/mol. The Hall–Kier alpha value is -0.710. The summed E-state index contributed by atoms with van der Waals surface area (Å²) in [5.41, 5.74) is 0.857. The lowest BCUT2D eigenvalue weighted by Crippen LogP contribution is -2.46. The normalized spacial score (nSPS) is 32.1. The highest BCUT2D eigenvalue weighted by Gasteiger charge is 2.32. The molecule has 2 aliphatic heterocycles. The summed E-state index contributed by atoms with van der Waals surface area (Å²) in [7, 11) is 0. The highest BCUT2D eigenvalue weighted by Crippen LogP contribution is 2.29. The molecule has 5 heteroatoms. The van der Waals surface area contributed by atoms with Crippen LogP contribution in [0.25, 0.3) is 0 Å². The molecule has 2 aliphatic rings. The van der Waals surface area contributed by atoms with E-state index in [0.717, 1.165) is 43.7 Å². The van der Waals surface area contributed by atoms with Crippen LogP contribution in [0.4, 0.5) is 0 Å². The Morgan fingerprint density at radius 1 is 1.65 bits per heavy atom. The van der Waals surface area contributed by atoms with E-state index in [2.05, 4.69) is 12.1 Å². The molecule has 2 atom stereocenters. The third-order valence-electron chi connectivity index (χ3n) is 3.69. The Morgan fingerprint density at radius 3 is 3.06 bits per heavy atom. The zero-order valence-electron chi connectivity index (χ0n) is 10.3. The van der Waals surface area contributed by atoms with Crippen LogP contribution in [0.2, 0.25) is 0 Å². The van der Waals surface area contributed by atoms with Gasteiger partial charge in [-0.1, -0.05) is 12.1 Å². The lowest BCUT2D eigenvalue weighted by molar-refractivity contribution is -0.131. The second-order valence-electron chi connectivity index (χ2n) is 4.73. The van der Waals surface area contributed by atoms with Crippen molar-refractivity contribution in [1.82, 2.24) is 4.90 Å². The van der Waals surface area contributed by atoms with Crippen LogP contribution in [0.1, 0.15) is 32.6 Å². The largest absolute Gasteiger partial charge is 0.411 e. The second kappa shape index (κ2) is 5.76. The molecular formula is C12H20N2O2S. The van der Waals surface area contributed by atoms with Gasteiger partial charge in [-0.05, 0) is 25.0 Å². The minimum Gasteiger partial charge on any atom is -0.411 e. The average Bonchev–Trinajstić information content (AvgIpc) is 2.90. The number of thioether (sulfide) groups is 1. The number of rotatable bonds is 2.